The Kier molecular flexibility index (Phi) is 3.64. The molecule has 0 bridgehead atoms. The van der Waals surface area contributed by atoms with Crippen LogP contribution in [0.3, 0.4) is 0 Å². The van der Waals surface area contributed by atoms with E-state index in [0.29, 0.717) is 29.4 Å². The molecule has 0 aliphatic carbocycles. The molecule has 2 atom stereocenters. The lowest BCUT2D eigenvalue weighted by atomic mass is 10.0. The van der Waals surface area contributed by atoms with Crippen LogP contribution in [-0.2, 0) is 10.0 Å². The van der Waals surface area contributed by atoms with Gasteiger partial charge >= 0.3 is 0 Å². The molecule has 2 heterocycles. The van der Waals surface area contributed by atoms with Gasteiger partial charge < -0.3 is 5.32 Å². The van der Waals surface area contributed by atoms with E-state index in [2.05, 4.69) is 21.2 Å². The van der Waals surface area contributed by atoms with Crippen molar-refractivity contribution in [2.75, 3.05) is 26.2 Å². The molecule has 0 spiro atoms. The third-order valence-corrected chi connectivity index (χ3v) is 7.17. The normalized spacial score (nSPS) is 27.7. The van der Waals surface area contributed by atoms with Crippen LogP contribution in [0.5, 0.6) is 0 Å². The summed E-state index contributed by atoms with van der Waals surface area (Å²) >= 11 is 9.38. The highest BCUT2D eigenvalue weighted by Gasteiger charge is 2.42. The minimum absolute atomic E-state index is 0.191. The number of fused-ring (bicyclic) bond motifs is 1. The zero-order valence-corrected chi connectivity index (χ0v) is 13.3. The monoisotopic (exact) mass is 364 g/mol. The van der Waals surface area contributed by atoms with Gasteiger partial charge in [-0.15, -0.1) is 0 Å². The van der Waals surface area contributed by atoms with Crippen LogP contribution in [-0.4, -0.2) is 38.9 Å². The molecule has 2 aliphatic rings. The number of halogens is 2. The van der Waals surface area contributed by atoms with Crippen LogP contribution in [0, 0.1) is 11.8 Å². The van der Waals surface area contributed by atoms with Crippen molar-refractivity contribution in [1.29, 1.82) is 0 Å². The topological polar surface area (TPSA) is 49.4 Å². The summed E-state index contributed by atoms with van der Waals surface area (Å²) in [5, 5.41) is 3.56. The molecule has 0 radical (unpaired) electrons. The fourth-order valence-corrected chi connectivity index (χ4v) is 5.39. The maximum absolute atomic E-state index is 12.6. The van der Waals surface area contributed by atoms with Crippen LogP contribution in [0.4, 0.5) is 0 Å². The van der Waals surface area contributed by atoms with Crippen LogP contribution in [0.15, 0.2) is 27.6 Å². The van der Waals surface area contributed by atoms with Gasteiger partial charge in [0.1, 0.15) is 4.90 Å². The van der Waals surface area contributed by atoms with E-state index >= 15 is 0 Å². The molecule has 1 aromatic rings. The molecule has 0 amide bonds. The summed E-state index contributed by atoms with van der Waals surface area (Å²) in [5.41, 5.74) is 0. The Balaban J connectivity index is 1.93. The van der Waals surface area contributed by atoms with Gasteiger partial charge in [-0.1, -0.05) is 17.7 Å². The summed E-state index contributed by atoms with van der Waals surface area (Å²) in [4.78, 5) is 0.191. The summed E-state index contributed by atoms with van der Waals surface area (Å²) in [5.74, 6) is 0.862. The van der Waals surface area contributed by atoms with Gasteiger partial charge in [0.05, 0.1) is 5.02 Å². The first kappa shape index (κ1) is 13.8. The van der Waals surface area contributed by atoms with Gasteiger partial charge in [-0.25, -0.2) is 8.42 Å². The van der Waals surface area contributed by atoms with E-state index in [1.807, 2.05) is 0 Å². The largest absolute Gasteiger partial charge is 0.316 e. The lowest BCUT2D eigenvalue weighted by molar-refractivity contribution is 0.448. The van der Waals surface area contributed by atoms with Crippen molar-refractivity contribution < 1.29 is 8.42 Å². The van der Waals surface area contributed by atoms with Crippen LogP contribution >= 0.6 is 27.5 Å². The highest BCUT2D eigenvalue weighted by atomic mass is 79.9. The molecule has 1 aromatic carbocycles. The van der Waals surface area contributed by atoms with Gasteiger partial charge in [0.2, 0.25) is 10.0 Å². The molecule has 1 N–H and O–H groups in total. The molecule has 4 nitrogen and oxygen atoms in total. The van der Waals surface area contributed by atoms with Crippen molar-refractivity contribution in [3.8, 4) is 0 Å². The van der Waals surface area contributed by atoms with Crippen LogP contribution in [0.2, 0.25) is 5.02 Å². The summed E-state index contributed by atoms with van der Waals surface area (Å²) in [6.45, 7) is 2.98. The Hall–Kier alpha value is -0.140. The molecule has 104 valence electrons. The number of nitrogens with zero attached hydrogens (tertiary/aromatic N) is 1. The lowest BCUT2D eigenvalue weighted by Crippen LogP contribution is -2.32. The first-order valence-corrected chi connectivity index (χ1v) is 8.76. The van der Waals surface area contributed by atoms with E-state index in [4.69, 9.17) is 11.6 Å². The second kappa shape index (κ2) is 5.00. The fraction of sp³-hybridized carbons (Fsp3) is 0.500. The fourth-order valence-electron chi connectivity index (χ4n) is 2.83. The summed E-state index contributed by atoms with van der Waals surface area (Å²) in [6, 6.07) is 5.00. The Morgan fingerprint density at radius 2 is 1.89 bits per heavy atom. The number of hydrogen-bond donors (Lipinski definition) is 1. The molecule has 0 unspecified atom stereocenters. The molecular weight excluding hydrogens is 352 g/mol. The van der Waals surface area contributed by atoms with Crippen LogP contribution in [0.25, 0.3) is 0 Å². The van der Waals surface area contributed by atoms with E-state index in [0.717, 1.165) is 13.1 Å². The van der Waals surface area contributed by atoms with Gasteiger partial charge in [-0.05, 0) is 53.0 Å². The number of hydrogen-bond acceptors (Lipinski definition) is 3. The highest BCUT2D eigenvalue weighted by molar-refractivity contribution is 9.10. The SMILES string of the molecule is O=S(=O)(c1cccc(Br)c1Cl)N1C[C@H]2CNC[C@H]2C1. The van der Waals surface area contributed by atoms with E-state index in [1.54, 1.807) is 22.5 Å². The molecule has 0 saturated carbocycles. The van der Waals surface area contributed by atoms with E-state index in [1.165, 1.54) is 0 Å². The Bertz CT molecular complexity index is 596. The first-order chi connectivity index (χ1) is 9.00. The van der Waals surface area contributed by atoms with Crippen molar-refractivity contribution in [1.82, 2.24) is 9.62 Å². The molecule has 2 saturated heterocycles. The first-order valence-electron chi connectivity index (χ1n) is 6.15. The number of benzene rings is 1. The molecular formula is C12H14BrClN2O2S. The lowest BCUT2D eigenvalue weighted by Gasteiger charge is -2.18. The van der Waals surface area contributed by atoms with Gasteiger partial charge in [0.15, 0.2) is 0 Å². The van der Waals surface area contributed by atoms with Gasteiger partial charge in [-0.2, -0.15) is 4.31 Å². The van der Waals surface area contributed by atoms with E-state index in [-0.39, 0.29) is 9.92 Å². The number of nitrogens with one attached hydrogen (secondary N) is 1. The van der Waals surface area contributed by atoms with Crippen molar-refractivity contribution in [3.63, 3.8) is 0 Å². The molecule has 3 rings (SSSR count). The molecule has 7 heteroatoms. The summed E-state index contributed by atoms with van der Waals surface area (Å²) < 4.78 is 27.5. The maximum atomic E-state index is 12.6. The predicted molar refractivity (Wildman–Crippen MR) is 77.8 cm³/mol. The predicted octanol–water partition coefficient (Wildman–Crippen LogP) is 1.94. The zero-order valence-electron chi connectivity index (χ0n) is 10.1. The third-order valence-electron chi connectivity index (χ3n) is 3.89. The van der Waals surface area contributed by atoms with Crippen LogP contribution < -0.4 is 5.32 Å². The van der Waals surface area contributed by atoms with Gasteiger partial charge in [0.25, 0.3) is 0 Å². The summed E-state index contributed by atoms with van der Waals surface area (Å²) in [7, 11) is -3.49. The standard InChI is InChI=1S/C12H14BrClN2O2S/c13-10-2-1-3-11(12(10)14)19(17,18)16-6-8-4-15-5-9(8)7-16/h1-3,8-9,15H,4-7H2/t8-,9+. The van der Waals surface area contributed by atoms with Crippen molar-refractivity contribution >= 4 is 37.6 Å². The Labute approximate surface area is 126 Å². The van der Waals surface area contributed by atoms with Crippen LogP contribution in [0.1, 0.15) is 0 Å². The maximum Gasteiger partial charge on any atom is 0.244 e. The molecule has 19 heavy (non-hydrogen) atoms. The molecule has 2 aliphatic heterocycles. The summed E-state index contributed by atoms with van der Waals surface area (Å²) in [6.07, 6.45) is 0. The average molecular weight is 366 g/mol. The highest BCUT2D eigenvalue weighted by Crippen LogP contribution is 2.35. The minimum Gasteiger partial charge on any atom is -0.316 e. The molecule has 2 fully saturated rings. The molecule has 0 aromatic heterocycles. The second-order valence-corrected chi connectivity index (χ2v) is 8.19. The van der Waals surface area contributed by atoms with Crippen molar-refractivity contribution in [3.05, 3.63) is 27.7 Å². The minimum atomic E-state index is -3.49. The Morgan fingerprint density at radius 1 is 1.26 bits per heavy atom. The average Bonchev–Trinajstić information content (AvgIpc) is 2.92. The van der Waals surface area contributed by atoms with Crippen molar-refractivity contribution in [2.45, 2.75) is 4.90 Å². The number of rotatable bonds is 2. The van der Waals surface area contributed by atoms with Gasteiger partial charge in [0, 0.05) is 17.6 Å². The number of sulfonamides is 1. The Morgan fingerprint density at radius 3 is 2.53 bits per heavy atom. The van der Waals surface area contributed by atoms with E-state index < -0.39 is 10.0 Å². The zero-order chi connectivity index (χ0) is 13.6. The smallest absolute Gasteiger partial charge is 0.244 e. The third kappa shape index (κ3) is 2.34. The van der Waals surface area contributed by atoms with Gasteiger partial charge in [-0.3, -0.25) is 0 Å². The second-order valence-electron chi connectivity index (χ2n) is 5.05. The van der Waals surface area contributed by atoms with Crippen molar-refractivity contribution in [2.24, 2.45) is 11.8 Å². The van der Waals surface area contributed by atoms with E-state index in [9.17, 15) is 8.42 Å². The quantitative estimate of drug-likeness (QED) is 0.871.